The van der Waals surface area contributed by atoms with Gasteiger partial charge >= 0.3 is 0 Å². The van der Waals surface area contributed by atoms with Crippen LogP contribution in [0.4, 0.5) is 0 Å². The van der Waals surface area contributed by atoms with Crippen molar-refractivity contribution in [3.8, 4) is 0 Å². The predicted molar refractivity (Wildman–Crippen MR) is 114 cm³/mol. The van der Waals surface area contributed by atoms with Crippen molar-refractivity contribution in [3.63, 3.8) is 0 Å². The number of amides is 1. The summed E-state index contributed by atoms with van der Waals surface area (Å²) in [5.41, 5.74) is 7.23. The zero-order chi connectivity index (χ0) is 17.4. The van der Waals surface area contributed by atoms with Crippen molar-refractivity contribution in [2.75, 3.05) is 26.2 Å². The maximum absolute atomic E-state index is 12.4. The molecule has 1 heterocycles. The molecule has 2 aromatic rings. The van der Waals surface area contributed by atoms with E-state index in [-0.39, 0.29) is 36.8 Å². The van der Waals surface area contributed by atoms with Gasteiger partial charge in [0.2, 0.25) is 0 Å². The average Bonchev–Trinajstić information content (AvgIpc) is 3.08. The number of thiazole rings is 1. The molecule has 2 rings (SSSR count). The third-order valence-corrected chi connectivity index (χ3v) is 4.94. The second-order valence-electron chi connectivity index (χ2n) is 5.52. The number of hydrogen-bond acceptors (Lipinski definition) is 5. The van der Waals surface area contributed by atoms with Gasteiger partial charge in [0.25, 0.3) is 5.91 Å². The highest BCUT2D eigenvalue weighted by Gasteiger charge is 2.19. The van der Waals surface area contributed by atoms with Gasteiger partial charge in [-0.1, -0.05) is 44.2 Å². The monoisotopic (exact) mass is 418 g/mol. The first-order valence-corrected chi connectivity index (χ1v) is 9.29. The number of nitrogens with zero attached hydrogens (tertiary/aromatic N) is 2. The fraction of sp³-hybridized carbons (Fsp3) is 0.444. The summed E-state index contributed by atoms with van der Waals surface area (Å²) in [6, 6.07) is 10.5. The Morgan fingerprint density at radius 1 is 1.23 bits per heavy atom. The Labute approximate surface area is 172 Å². The minimum atomic E-state index is -0.123. The largest absolute Gasteiger partial charge is 0.349 e. The zero-order valence-electron chi connectivity index (χ0n) is 15.2. The van der Waals surface area contributed by atoms with Gasteiger partial charge in [0, 0.05) is 18.3 Å². The van der Waals surface area contributed by atoms with Crippen molar-refractivity contribution in [1.29, 1.82) is 0 Å². The van der Waals surface area contributed by atoms with Crippen LogP contribution in [0.2, 0.25) is 0 Å². The van der Waals surface area contributed by atoms with Gasteiger partial charge in [-0.15, -0.1) is 36.2 Å². The van der Waals surface area contributed by atoms with E-state index in [4.69, 9.17) is 5.73 Å². The molecule has 5 nitrogen and oxygen atoms in total. The van der Waals surface area contributed by atoms with E-state index in [1.54, 1.807) is 5.38 Å². The Hall–Kier alpha value is -1.18. The number of carbonyl (C=O) groups excluding carboxylic acids is 1. The molecular formula is C18H28Cl2N4OS. The van der Waals surface area contributed by atoms with E-state index in [1.807, 2.05) is 18.2 Å². The van der Waals surface area contributed by atoms with Crippen LogP contribution in [0.5, 0.6) is 0 Å². The SMILES string of the molecule is CCN(CC)C(CNC(=O)c1csc(CCN)n1)c1ccccc1.Cl.Cl. The summed E-state index contributed by atoms with van der Waals surface area (Å²) < 4.78 is 0. The highest BCUT2D eigenvalue weighted by molar-refractivity contribution is 7.09. The van der Waals surface area contributed by atoms with E-state index in [0.717, 1.165) is 18.1 Å². The number of benzene rings is 1. The van der Waals surface area contributed by atoms with Crippen LogP contribution in [-0.4, -0.2) is 42.0 Å². The van der Waals surface area contributed by atoms with Crippen LogP contribution < -0.4 is 11.1 Å². The topological polar surface area (TPSA) is 71.2 Å². The summed E-state index contributed by atoms with van der Waals surface area (Å²) in [6.45, 7) is 7.26. The molecule has 1 aromatic carbocycles. The van der Waals surface area contributed by atoms with E-state index < -0.39 is 0 Å². The number of rotatable bonds is 9. The number of aromatic nitrogens is 1. The Balaban J connectivity index is 0.00000312. The summed E-state index contributed by atoms with van der Waals surface area (Å²) in [7, 11) is 0. The average molecular weight is 419 g/mol. The molecule has 0 bridgehead atoms. The number of halogens is 2. The summed E-state index contributed by atoms with van der Waals surface area (Å²) >= 11 is 1.49. The van der Waals surface area contributed by atoms with Crippen LogP contribution in [0.1, 0.15) is 40.9 Å². The van der Waals surface area contributed by atoms with Crippen molar-refractivity contribution in [2.45, 2.75) is 26.3 Å². The van der Waals surface area contributed by atoms with E-state index in [9.17, 15) is 4.79 Å². The zero-order valence-corrected chi connectivity index (χ0v) is 17.6. The highest BCUT2D eigenvalue weighted by Crippen LogP contribution is 2.19. The molecule has 1 amide bonds. The number of nitrogens with one attached hydrogen (secondary N) is 1. The molecule has 8 heteroatoms. The fourth-order valence-corrected chi connectivity index (χ4v) is 3.52. The van der Waals surface area contributed by atoms with Crippen molar-refractivity contribution in [1.82, 2.24) is 15.2 Å². The number of likely N-dealkylation sites (N-methyl/N-ethyl adjacent to an activating group) is 1. The Bertz CT molecular complexity index is 635. The van der Waals surface area contributed by atoms with Crippen LogP contribution in [0.15, 0.2) is 35.7 Å². The number of nitrogens with two attached hydrogens (primary N) is 1. The third kappa shape index (κ3) is 6.85. The molecule has 26 heavy (non-hydrogen) atoms. The standard InChI is InChI=1S/C18H26N4OS.2ClH/c1-3-22(4-2)16(14-8-6-5-7-9-14)12-20-18(23)15-13-24-17(21-15)10-11-19;;/h5-9,13,16H,3-4,10-12,19H2,1-2H3,(H,20,23);2*1H. The molecule has 1 aromatic heterocycles. The molecule has 0 saturated carbocycles. The summed E-state index contributed by atoms with van der Waals surface area (Å²) in [6.07, 6.45) is 0.712. The Morgan fingerprint density at radius 2 is 1.88 bits per heavy atom. The highest BCUT2D eigenvalue weighted by atomic mass is 35.5. The lowest BCUT2D eigenvalue weighted by Gasteiger charge is -2.30. The summed E-state index contributed by atoms with van der Waals surface area (Å²) in [4.78, 5) is 19.1. The maximum Gasteiger partial charge on any atom is 0.270 e. The molecule has 0 aliphatic rings. The third-order valence-electron chi connectivity index (χ3n) is 4.04. The van der Waals surface area contributed by atoms with Crippen LogP contribution >= 0.6 is 36.2 Å². The maximum atomic E-state index is 12.4. The van der Waals surface area contributed by atoms with Gasteiger partial charge in [0.05, 0.1) is 11.0 Å². The smallest absolute Gasteiger partial charge is 0.270 e. The number of carbonyl (C=O) groups is 1. The van der Waals surface area contributed by atoms with Gasteiger partial charge in [0.1, 0.15) is 5.69 Å². The predicted octanol–water partition coefficient (Wildman–Crippen LogP) is 3.30. The van der Waals surface area contributed by atoms with Crippen molar-refractivity contribution in [2.24, 2.45) is 5.73 Å². The number of hydrogen-bond donors (Lipinski definition) is 2. The quantitative estimate of drug-likeness (QED) is 0.654. The Morgan fingerprint density at radius 3 is 2.46 bits per heavy atom. The molecule has 1 unspecified atom stereocenters. The van der Waals surface area contributed by atoms with Gasteiger partial charge < -0.3 is 11.1 Å². The van der Waals surface area contributed by atoms with Gasteiger partial charge in [-0.3, -0.25) is 9.69 Å². The van der Waals surface area contributed by atoms with Crippen LogP contribution in [0.25, 0.3) is 0 Å². The van der Waals surface area contributed by atoms with Crippen molar-refractivity contribution >= 4 is 42.1 Å². The normalized spacial score (nSPS) is 11.4. The van der Waals surface area contributed by atoms with E-state index in [1.165, 1.54) is 16.9 Å². The second-order valence-corrected chi connectivity index (χ2v) is 6.47. The van der Waals surface area contributed by atoms with Gasteiger partial charge in [-0.05, 0) is 25.2 Å². The minimum absolute atomic E-state index is 0. The lowest BCUT2D eigenvalue weighted by Crippen LogP contribution is -2.38. The first kappa shape index (κ1) is 24.8. The molecule has 0 fully saturated rings. The first-order valence-electron chi connectivity index (χ1n) is 8.41. The van der Waals surface area contributed by atoms with Crippen LogP contribution in [0.3, 0.4) is 0 Å². The second kappa shape index (κ2) is 13.1. The van der Waals surface area contributed by atoms with Gasteiger partial charge in [-0.2, -0.15) is 0 Å². The molecule has 146 valence electrons. The summed E-state index contributed by atoms with van der Waals surface area (Å²) in [5, 5.41) is 5.74. The lowest BCUT2D eigenvalue weighted by atomic mass is 10.1. The Kier molecular flexibility index (Phi) is 12.5. The van der Waals surface area contributed by atoms with Gasteiger partial charge in [-0.25, -0.2) is 4.98 Å². The van der Waals surface area contributed by atoms with Gasteiger partial charge in [0.15, 0.2) is 0 Å². The van der Waals surface area contributed by atoms with E-state index in [0.29, 0.717) is 25.2 Å². The van der Waals surface area contributed by atoms with E-state index >= 15 is 0 Å². The van der Waals surface area contributed by atoms with Crippen molar-refractivity contribution in [3.05, 3.63) is 52.0 Å². The fourth-order valence-electron chi connectivity index (χ4n) is 2.73. The first-order chi connectivity index (χ1) is 11.7. The molecule has 0 aliphatic carbocycles. The van der Waals surface area contributed by atoms with E-state index in [2.05, 4.69) is 41.2 Å². The van der Waals surface area contributed by atoms with Crippen LogP contribution in [-0.2, 0) is 6.42 Å². The molecule has 0 spiro atoms. The minimum Gasteiger partial charge on any atom is -0.349 e. The molecule has 0 saturated heterocycles. The van der Waals surface area contributed by atoms with Crippen molar-refractivity contribution < 1.29 is 4.79 Å². The molecule has 1 atom stereocenters. The molecule has 3 N–H and O–H groups in total. The molecule has 0 radical (unpaired) electrons. The van der Waals surface area contributed by atoms with Crippen LogP contribution in [0, 0.1) is 0 Å². The lowest BCUT2D eigenvalue weighted by molar-refractivity contribution is 0.0930. The summed E-state index contributed by atoms with van der Waals surface area (Å²) in [5.74, 6) is -0.123. The molecule has 0 aliphatic heterocycles. The molecular weight excluding hydrogens is 391 g/mol.